The fraction of sp³-hybridized carbons (Fsp3) is 0.300. The number of ketones is 1. The van der Waals surface area contributed by atoms with Crippen molar-refractivity contribution < 1.29 is 21.9 Å². The SMILES string of the molecule is CCOc1ccc(C(=O)CN)cc1.[Cl-]. The molecule has 0 amide bonds. The molecule has 0 atom stereocenters. The largest absolute Gasteiger partial charge is 1.00 e. The molecule has 1 aromatic carbocycles. The molecule has 3 nitrogen and oxygen atoms in total. The Morgan fingerprint density at radius 2 is 1.93 bits per heavy atom. The van der Waals surface area contributed by atoms with Gasteiger partial charge in [0, 0.05) is 5.56 Å². The van der Waals surface area contributed by atoms with E-state index in [1.54, 1.807) is 24.3 Å². The first kappa shape index (κ1) is 12.9. The van der Waals surface area contributed by atoms with Crippen LogP contribution in [0.1, 0.15) is 17.3 Å². The fourth-order valence-corrected chi connectivity index (χ4v) is 1.02. The van der Waals surface area contributed by atoms with Gasteiger partial charge in [0.15, 0.2) is 5.78 Å². The molecule has 0 radical (unpaired) electrons. The molecular weight excluding hydrogens is 202 g/mol. The van der Waals surface area contributed by atoms with E-state index in [-0.39, 0.29) is 24.7 Å². The molecule has 0 aromatic heterocycles. The zero-order valence-corrected chi connectivity index (χ0v) is 8.75. The first-order valence-corrected chi connectivity index (χ1v) is 4.24. The number of rotatable bonds is 4. The fourth-order valence-electron chi connectivity index (χ4n) is 1.02. The number of carbonyl (C=O) groups excluding carboxylic acids is 1. The van der Waals surface area contributed by atoms with Crippen molar-refractivity contribution in [3.05, 3.63) is 29.8 Å². The second-order valence-corrected chi connectivity index (χ2v) is 2.58. The topological polar surface area (TPSA) is 52.3 Å². The average molecular weight is 215 g/mol. The van der Waals surface area contributed by atoms with E-state index < -0.39 is 0 Å². The number of halogens is 1. The lowest BCUT2D eigenvalue weighted by Crippen LogP contribution is -3.00. The highest BCUT2D eigenvalue weighted by Crippen LogP contribution is 2.11. The maximum Gasteiger partial charge on any atom is 0.176 e. The van der Waals surface area contributed by atoms with Crippen LogP contribution in [0.25, 0.3) is 0 Å². The van der Waals surface area contributed by atoms with Crippen molar-refractivity contribution in [1.82, 2.24) is 0 Å². The highest BCUT2D eigenvalue weighted by molar-refractivity contribution is 5.97. The van der Waals surface area contributed by atoms with Crippen LogP contribution in [0.4, 0.5) is 0 Å². The molecule has 2 N–H and O–H groups in total. The van der Waals surface area contributed by atoms with E-state index >= 15 is 0 Å². The minimum Gasteiger partial charge on any atom is -1.00 e. The van der Waals surface area contributed by atoms with E-state index in [0.29, 0.717) is 12.2 Å². The summed E-state index contributed by atoms with van der Waals surface area (Å²) in [5.41, 5.74) is 5.85. The normalized spacial score (nSPS) is 9.00. The number of carbonyl (C=O) groups is 1. The molecule has 1 rings (SSSR count). The molecule has 0 spiro atoms. The number of hydrogen-bond acceptors (Lipinski definition) is 3. The third kappa shape index (κ3) is 3.36. The van der Waals surface area contributed by atoms with Crippen LogP contribution in [0.5, 0.6) is 5.75 Å². The van der Waals surface area contributed by atoms with Gasteiger partial charge in [0.1, 0.15) is 5.75 Å². The quantitative estimate of drug-likeness (QED) is 0.604. The minimum absolute atomic E-state index is 0. The standard InChI is InChI=1S/C10H13NO2.ClH/c1-2-13-9-5-3-8(4-6-9)10(12)7-11;/h3-6H,2,7,11H2,1H3;1H/p-1. The Kier molecular flexibility index (Phi) is 5.92. The molecule has 0 aliphatic rings. The van der Waals surface area contributed by atoms with Crippen LogP contribution in [-0.2, 0) is 0 Å². The van der Waals surface area contributed by atoms with Crippen molar-refractivity contribution in [1.29, 1.82) is 0 Å². The Morgan fingerprint density at radius 3 is 2.36 bits per heavy atom. The summed E-state index contributed by atoms with van der Waals surface area (Å²) in [6.45, 7) is 2.59. The predicted molar refractivity (Wildman–Crippen MR) is 51.0 cm³/mol. The van der Waals surface area contributed by atoms with Crippen molar-refractivity contribution in [2.75, 3.05) is 13.2 Å². The van der Waals surface area contributed by atoms with Crippen LogP contribution in [0, 0.1) is 0 Å². The van der Waals surface area contributed by atoms with Crippen LogP contribution in [0.15, 0.2) is 24.3 Å². The Morgan fingerprint density at radius 1 is 1.36 bits per heavy atom. The molecule has 0 bridgehead atoms. The van der Waals surface area contributed by atoms with E-state index in [0.717, 1.165) is 5.75 Å². The smallest absolute Gasteiger partial charge is 0.176 e. The van der Waals surface area contributed by atoms with E-state index in [4.69, 9.17) is 10.5 Å². The zero-order valence-electron chi connectivity index (χ0n) is 8.00. The van der Waals surface area contributed by atoms with Crippen molar-refractivity contribution in [2.45, 2.75) is 6.92 Å². The van der Waals surface area contributed by atoms with Gasteiger partial charge < -0.3 is 22.9 Å². The van der Waals surface area contributed by atoms with Crippen molar-refractivity contribution in [2.24, 2.45) is 5.73 Å². The molecular formula is C10H13ClNO2-. The van der Waals surface area contributed by atoms with Gasteiger partial charge >= 0.3 is 0 Å². The number of nitrogens with two attached hydrogens (primary N) is 1. The lowest BCUT2D eigenvalue weighted by Gasteiger charge is -2.03. The molecule has 0 unspecified atom stereocenters. The maximum absolute atomic E-state index is 11.1. The van der Waals surface area contributed by atoms with E-state index in [9.17, 15) is 4.79 Å². The summed E-state index contributed by atoms with van der Waals surface area (Å²) in [7, 11) is 0. The number of benzene rings is 1. The van der Waals surface area contributed by atoms with Gasteiger partial charge in [-0.3, -0.25) is 4.79 Å². The second kappa shape index (κ2) is 6.40. The summed E-state index contributed by atoms with van der Waals surface area (Å²) in [5, 5.41) is 0. The number of hydrogen-bond donors (Lipinski definition) is 1. The van der Waals surface area contributed by atoms with Crippen LogP contribution >= 0.6 is 0 Å². The lowest BCUT2D eigenvalue weighted by molar-refractivity contribution is -0.0000110. The Balaban J connectivity index is 0.00000169. The highest BCUT2D eigenvalue weighted by atomic mass is 35.5. The van der Waals surface area contributed by atoms with Crippen LogP contribution < -0.4 is 22.9 Å². The monoisotopic (exact) mass is 214 g/mol. The number of ether oxygens (including phenoxy) is 1. The average Bonchev–Trinajstić information content (AvgIpc) is 2.18. The third-order valence-corrected chi connectivity index (χ3v) is 1.67. The first-order valence-electron chi connectivity index (χ1n) is 4.24. The summed E-state index contributed by atoms with van der Waals surface area (Å²) in [6.07, 6.45) is 0. The molecule has 0 aliphatic heterocycles. The summed E-state index contributed by atoms with van der Waals surface area (Å²) >= 11 is 0. The van der Waals surface area contributed by atoms with Gasteiger partial charge in [0.25, 0.3) is 0 Å². The minimum atomic E-state index is -0.0527. The summed E-state index contributed by atoms with van der Waals surface area (Å²) in [6, 6.07) is 6.99. The maximum atomic E-state index is 11.1. The van der Waals surface area contributed by atoms with Gasteiger partial charge in [-0.2, -0.15) is 0 Å². The van der Waals surface area contributed by atoms with Gasteiger partial charge in [-0.1, -0.05) is 0 Å². The molecule has 4 heteroatoms. The van der Waals surface area contributed by atoms with Crippen LogP contribution in [0.2, 0.25) is 0 Å². The van der Waals surface area contributed by atoms with Gasteiger partial charge in [-0.05, 0) is 31.2 Å². The summed E-state index contributed by atoms with van der Waals surface area (Å²) in [5.74, 6) is 0.721. The summed E-state index contributed by atoms with van der Waals surface area (Å²) in [4.78, 5) is 11.1. The van der Waals surface area contributed by atoms with Gasteiger partial charge in [-0.15, -0.1) is 0 Å². The van der Waals surface area contributed by atoms with Crippen molar-refractivity contribution in [3.8, 4) is 5.75 Å². The Hall–Kier alpha value is -1.06. The Bertz CT molecular complexity index is 285. The summed E-state index contributed by atoms with van der Waals surface area (Å²) < 4.78 is 5.23. The second-order valence-electron chi connectivity index (χ2n) is 2.58. The van der Waals surface area contributed by atoms with Gasteiger partial charge in [0.05, 0.1) is 13.2 Å². The lowest BCUT2D eigenvalue weighted by atomic mass is 10.1. The van der Waals surface area contributed by atoms with Crippen molar-refractivity contribution >= 4 is 5.78 Å². The van der Waals surface area contributed by atoms with Gasteiger partial charge in [-0.25, -0.2) is 0 Å². The third-order valence-electron chi connectivity index (χ3n) is 1.67. The molecule has 0 fully saturated rings. The molecule has 0 aliphatic carbocycles. The molecule has 0 saturated carbocycles. The zero-order chi connectivity index (χ0) is 9.68. The van der Waals surface area contributed by atoms with E-state index in [1.165, 1.54) is 0 Å². The predicted octanol–water partition coefficient (Wildman–Crippen LogP) is -1.77. The molecule has 0 heterocycles. The molecule has 78 valence electrons. The molecule has 1 aromatic rings. The molecule has 0 saturated heterocycles. The van der Waals surface area contributed by atoms with E-state index in [1.807, 2.05) is 6.92 Å². The van der Waals surface area contributed by atoms with Gasteiger partial charge in [0.2, 0.25) is 0 Å². The first-order chi connectivity index (χ1) is 6.27. The highest BCUT2D eigenvalue weighted by Gasteiger charge is 2.02. The van der Waals surface area contributed by atoms with E-state index in [2.05, 4.69) is 0 Å². The van der Waals surface area contributed by atoms with Crippen LogP contribution in [0.3, 0.4) is 0 Å². The molecule has 14 heavy (non-hydrogen) atoms. The Labute approximate surface area is 89.7 Å². The van der Waals surface area contributed by atoms with Crippen LogP contribution in [-0.4, -0.2) is 18.9 Å². The van der Waals surface area contributed by atoms with Crippen molar-refractivity contribution in [3.63, 3.8) is 0 Å². The number of Topliss-reactive ketones (excluding diaryl/α,β-unsaturated/α-hetero) is 1.